The summed E-state index contributed by atoms with van der Waals surface area (Å²) >= 11 is 3.43. The lowest BCUT2D eigenvalue weighted by Crippen LogP contribution is -2.04. The summed E-state index contributed by atoms with van der Waals surface area (Å²) in [6.45, 7) is 1.99. The lowest BCUT2D eigenvalue weighted by Gasteiger charge is -2.07. The van der Waals surface area contributed by atoms with Crippen molar-refractivity contribution in [2.45, 2.75) is 13.0 Å². The minimum Gasteiger partial charge on any atom is -0.324 e. The van der Waals surface area contributed by atoms with Gasteiger partial charge in [-0.25, -0.2) is 0 Å². The molecule has 1 nitrogen and oxygen atoms in total. The summed E-state index contributed by atoms with van der Waals surface area (Å²) in [5.74, 6) is 0. The molecule has 2 rings (SSSR count). The zero-order valence-corrected chi connectivity index (χ0v) is 10.7. The second-order valence-corrected chi connectivity index (χ2v) is 4.83. The highest BCUT2D eigenvalue weighted by molar-refractivity contribution is 9.10. The van der Waals surface area contributed by atoms with Crippen LogP contribution in [0.25, 0.3) is 11.1 Å². The van der Waals surface area contributed by atoms with Crippen molar-refractivity contribution >= 4 is 15.9 Å². The smallest absolute Gasteiger partial charge is 0.0266 e. The summed E-state index contributed by atoms with van der Waals surface area (Å²) in [4.78, 5) is 0. The van der Waals surface area contributed by atoms with Crippen LogP contribution < -0.4 is 5.73 Å². The van der Waals surface area contributed by atoms with Crippen LogP contribution >= 0.6 is 15.9 Å². The van der Waals surface area contributed by atoms with E-state index >= 15 is 0 Å². The van der Waals surface area contributed by atoms with Gasteiger partial charge in [0, 0.05) is 10.5 Å². The van der Waals surface area contributed by atoms with Crippen LogP contribution in [-0.4, -0.2) is 0 Å². The summed E-state index contributed by atoms with van der Waals surface area (Å²) in [7, 11) is 0. The van der Waals surface area contributed by atoms with E-state index in [1.165, 1.54) is 16.7 Å². The molecule has 0 aliphatic carbocycles. The topological polar surface area (TPSA) is 26.0 Å². The zero-order valence-electron chi connectivity index (χ0n) is 9.15. The van der Waals surface area contributed by atoms with Gasteiger partial charge in [-0.1, -0.05) is 52.3 Å². The average molecular weight is 276 g/mol. The predicted molar refractivity (Wildman–Crippen MR) is 72.2 cm³/mol. The number of hydrogen-bond acceptors (Lipinski definition) is 1. The standard InChI is InChI=1S/C14H14BrN/c1-10(16)11-2-4-12(5-3-11)13-6-8-14(15)9-7-13/h2-10H,16H2,1H3/t10-/m0/s1. The normalized spacial score (nSPS) is 12.4. The molecular formula is C14H14BrN. The lowest BCUT2D eigenvalue weighted by molar-refractivity contribution is 0.818. The highest BCUT2D eigenvalue weighted by Crippen LogP contribution is 2.23. The first kappa shape index (κ1) is 11.4. The average Bonchev–Trinajstić information content (AvgIpc) is 2.30. The third kappa shape index (κ3) is 2.52. The number of nitrogens with two attached hydrogens (primary N) is 1. The van der Waals surface area contributed by atoms with Crippen molar-refractivity contribution in [3.8, 4) is 11.1 Å². The van der Waals surface area contributed by atoms with E-state index in [1.807, 2.05) is 6.92 Å². The molecule has 0 saturated heterocycles. The summed E-state index contributed by atoms with van der Waals surface area (Å²) in [6.07, 6.45) is 0. The van der Waals surface area contributed by atoms with E-state index in [1.54, 1.807) is 0 Å². The molecule has 0 radical (unpaired) electrons. The SMILES string of the molecule is C[C@H](N)c1ccc(-c2ccc(Br)cc2)cc1. The van der Waals surface area contributed by atoms with E-state index in [0.717, 1.165) is 4.47 Å². The van der Waals surface area contributed by atoms with Crippen LogP contribution in [0.5, 0.6) is 0 Å². The van der Waals surface area contributed by atoms with Crippen LogP contribution in [0.15, 0.2) is 53.0 Å². The van der Waals surface area contributed by atoms with Gasteiger partial charge in [0.25, 0.3) is 0 Å². The summed E-state index contributed by atoms with van der Waals surface area (Å²) < 4.78 is 1.10. The van der Waals surface area contributed by atoms with Crippen molar-refractivity contribution in [2.75, 3.05) is 0 Å². The number of halogens is 1. The molecule has 0 spiro atoms. The summed E-state index contributed by atoms with van der Waals surface area (Å²) in [5, 5.41) is 0. The van der Waals surface area contributed by atoms with Gasteiger partial charge in [0.1, 0.15) is 0 Å². The first-order chi connectivity index (χ1) is 7.66. The van der Waals surface area contributed by atoms with Crippen molar-refractivity contribution in [3.05, 3.63) is 58.6 Å². The molecule has 0 aromatic heterocycles. The van der Waals surface area contributed by atoms with E-state index < -0.39 is 0 Å². The second-order valence-electron chi connectivity index (χ2n) is 3.92. The van der Waals surface area contributed by atoms with Gasteiger partial charge in [-0.3, -0.25) is 0 Å². The van der Waals surface area contributed by atoms with Crippen LogP contribution in [0, 0.1) is 0 Å². The molecule has 16 heavy (non-hydrogen) atoms. The molecule has 0 bridgehead atoms. The minimum absolute atomic E-state index is 0.0963. The Kier molecular flexibility index (Phi) is 3.42. The van der Waals surface area contributed by atoms with E-state index in [-0.39, 0.29) is 6.04 Å². The third-order valence-electron chi connectivity index (χ3n) is 2.61. The fourth-order valence-corrected chi connectivity index (χ4v) is 1.89. The Balaban J connectivity index is 2.31. The van der Waals surface area contributed by atoms with Gasteiger partial charge >= 0.3 is 0 Å². The Bertz CT molecular complexity index is 457. The largest absolute Gasteiger partial charge is 0.324 e. The second kappa shape index (κ2) is 4.81. The Hall–Kier alpha value is -1.12. The molecule has 2 aromatic rings. The maximum atomic E-state index is 5.82. The Morgan fingerprint density at radius 3 is 1.75 bits per heavy atom. The monoisotopic (exact) mass is 275 g/mol. The van der Waals surface area contributed by atoms with Gasteiger partial charge in [0.2, 0.25) is 0 Å². The van der Waals surface area contributed by atoms with Gasteiger partial charge in [-0.15, -0.1) is 0 Å². The zero-order chi connectivity index (χ0) is 11.5. The highest BCUT2D eigenvalue weighted by Gasteiger charge is 2.00. The Labute approximate surface area is 104 Å². The molecule has 2 N–H and O–H groups in total. The maximum Gasteiger partial charge on any atom is 0.0266 e. The van der Waals surface area contributed by atoms with Crippen molar-refractivity contribution in [2.24, 2.45) is 5.73 Å². The molecule has 0 aliphatic rings. The summed E-state index contributed by atoms with van der Waals surface area (Å²) in [6, 6.07) is 16.8. The van der Waals surface area contributed by atoms with Gasteiger partial charge in [0.05, 0.1) is 0 Å². The van der Waals surface area contributed by atoms with Crippen molar-refractivity contribution in [1.82, 2.24) is 0 Å². The molecule has 2 aromatic carbocycles. The molecule has 0 unspecified atom stereocenters. The maximum absolute atomic E-state index is 5.82. The number of rotatable bonds is 2. The Morgan fingerprint density at radius 2 is 1.31 bits per heavy atom. The van der Waals surface area contributed by atoms with E-state index in [4.69, 9.17) is 5.73 Å². The molecule has 0 heterocycles. The van der Waals surface area contributed by atoms with E-state index in [9.17, 15) is 0 Å². The van der Waals surface area contributed by atoms with Crippen LogP contribution in [0.3, 0.4) is 0 Å². The molecule has 2 heteroatoms. The molecule has 0 amide bonds. The highest BCUT2D eigenvalue weighted by atomic mass is 79.9. The molecule has 0 aliphatic heterocycles. The first-order valence-electron chi connectivity index (χ1n) is 5.28. The minimum atomic E-state index is 0.0963. The van der Waals surface area contributed by atoms with Crippen LogP contribution in [0.4, 0.5) is 0 Å². The van der Waals surface area contributed by atoms with E-state index in [2.05, 4.69) is 64.5 Å². The molecule has 0 saturated carbocycles. The van der Waals surface area contributed by atoms with Crippen LogP contribution in [0.2, 0.25) is 0 Å². The molecule has 1 atom stereocenters. The van der Waals surface area contributed by atoms with Crippen LogP contribution in [0.1, 0.15) is 18.5 Å². The van der Waals surface area contributed by atoms with Crippen molar-refractivity contribution in [3.63, 3.8) is 0 Å². The summed E-state index contributed by atoms with van der Waals surface area (Å²) in [5.41, 5.74) is 9.42. The molecule has 82 valence electrons. The molecular weight excluding hydrogens is 262 g/mol. The number of benzene rings is 2. The van der Waals surface area contributed by atoms with Crippen LogP contribution in [-0.2, 0) is 0 Å². The predicted octanol–water partition coefficient (Wildman–Crippen LogP) is 4.14. The first-order valence-corrected chi connectivity index (χ1v) is 6.07. The fraction of sp³-hybridized carbons (Fsp3) is 0.143. The van der Waals surface area contributed by atoms with Gasteiger partial charge < -0.3 is 5.73 Å². The fourth-order valence-electron chi connectivity index (χ4n) is 1.62. The van der Waals surface area contributed by atoms with Gasteiger partial charge in [0.15, 0.2) is 0 Å². The van der Waals surface area contributed by atoms with Crippen molar-refractivity contribution in [1.29, 1.82) is 0 Å². The van der Waals surface area contributed by atoms with E-state index in [0.29, 0.717) is 0 Å². The lowest BCUT2D eigenvalue weighted by atomic mass is 10.0. The number of hydrogen-bond donors (Lipinski definition) is 1. The van der Waals surface area contributed by atoms with Gasteiger partial charge in [-0.2, -0.15) is 0 Å². The Morgan fingerprint density at radius 1 is 0.875 bits per heavy atom. The quantitative estimate of drug-likeness (QED) is 0.876. The van der Waals surface area contributed by atoms with Crippen molar-refractivity contribution < 1.29 is 0 Å². The van der Waals surface area contributed by atoms with Gasteiger partial charge in [-0.05, 0) is 35.7 Å². The third-order valence-corrected chi connectivity index (χ3v) is 3.14. The molecule has 0 fully saturated rings.